The first-order chi connectivity index (χ1) is 14.1. The van der Waals surface area contributed by atoms with Crippen LogP contribution in [0.3, 0.4) is 0 Å². The molecule has 166 valence electrons. The molecule has 0 spiro atoms. The largest absolute Gasteiger partial charge is 0.508 e. The molecule has 1 rings (SSSR count). The van der Waals surface area contributed by atoms with Crippen LogP contribution >= 0.6 is 0 Å². The Labute approximate surface area is 172 Å². The van der Waals surface area contributed by atoms with Gasteiger partial charge in [0.2, 0.25) is 11.8 Å². The molecule has 0 unspecified atom stereocenters. The molecule has 0 fully saturated rings. The van der Waals surface area contributed by atoms with Crippen LogP contribution in [0.2, 0.25) is 0 Å². The summed E-state index contributed by atoms with van der Waals surface area (Å²) in [5.74, 6) is -3.08. The van der Waals surface area contributed by atoms with Crippen molar-refractivity contribution in [3.8, 4) is 5.75 Å². The minimum atomic E-state index is -1.31. The van der Waals surface area contributed by atoms with Crippen molar-refractivity contribution in [3.63, 3.8) is 0 Å². The van der Waals surface area contributed by atoms with Gasteiger partial charge in [-0.2, -0.15) is 0 Å². The summed E-state index contributed by atoms with van der Waals surface area (Å²) in [6.45, 7) is 1.77. The van der Waals surface area contributed by atoms with E-state index in [-0.39, 0.29) is 29.8 Å². The van der Waals surface area contributed by atoms with Crippen LogP contribution in [0.1, 0.15) is 31.7 Å². The second kappa shape index (κ2) is 11.7. The van der Waals surface area contributed by atoms with E-state index in [2.05, 4.69) is 10.6 Å². The number of aromatic hydroxyl groups is 1. The standard InChI is InChI=1S/C18H27N5O7/c1-10(20)16(25)22-14(9-11-8-12(23(29)30)5-6-15(11)24)17(26)21-13(18(27)28)4-2-3-7-19/h5-6,8,10,13-14,24H,2-4,7,9,19-20H2,1H3,(H,21,26)(H,22,25)(H,27,28)/t10-,13-,14-/m0/s1. The number of nitro groups is 1. The third-order valence-corrected chi connectivity index (χ3v) is 4.31. The minimum Gasteiger partial charge on any atom is -0.508 e. The zero-order valence-corrected chi connectivity index (χ0v) is 16.5. The number of amides is 2. The number of carbonyl (C=O) groups excluding carboxylic acids is 2. The number of carbonyl (C=O) groups is 3. The molecule has 0 aliphatic carbocycles. The van der Waals surface area contributed by atoms with Gasteiger partial charge in [0.1, 0.15) is 17.8 Å². The first-order valence-corrected chi connectivity index (χ1v) is 9.32. The molecule has 12 heteroatoms. The van der Waals surface area contributed by atoms with Gasteiger partial charge in [-0.1, -0.05) is 0 Å². The normalized spacial score (nSPS) is 13.7. The van der Waals surface area contributed by atoms with Crippen molar-refractivity contribution in [3.05, 3.63) is 33.9 Å². The van der Waals surface area contributed by atoms with E-state index in [0.717, 1.165) is 18.2 Å². The third kappa shape index (κ3) is 7.64. The Morgan fingerprint density at radius 2 is 1.80 bits per heavy atom. The van der Waals surface area contributed by atoms with Gasteiger partial charge in [0.15, 0.2) is 0 Å². The summed E-state index contributed by atoms with van der Waals surface area (Å²) in [6, 6.07) is -0.220. The van der Waals surface area contributed by atoms with Crippen molar-refractivity contribution in [2.24, 2.45) is 11.5 Å². The van der Waals surface area contributed by atoms with Crippen LogP contribution < -0.4 is 22.1 Å². The number of nitrogens with two attached hydrogens (primary N) is 2. The molecule has 0 saturated heterocycles. The Balaban J connectivity index is 3.09. The number of nitrogens with one attached hydrogen (secondary N) is 2. The molecule has 0 radical (unpaired) electrons. The van der Waals surface area contributed by atoms with E-state index in [9.17, 15) is 34.7 Å². The number of phenolic OH excluding ortho intramolecular Hbond substituents is 1. The van der Waals surface area contributed by atoms with Gasteiger partial charge >= 0.3 is 5.97 Å². The van der Waals surface area contributed by atoms with E-state index >= 15 is 0 Å². The fourth-order valence-electron chi connectivity index (χ4n) is 2.60. The summed E-state index contributed by atoms with van der Waals surface area (Å²) in [5.41, 5.74) is 10.6. The Kier molecular flexibility index (Phi) is 9.65. The van der Waals surface area contributed by atoms with Gasteiger partial charge in [0.25, 0.3) is 5.69 Å². The number of hydrogen-bond donors (Lipinski definition) is 6. The molecule has 2 amide bonds. The molecular weight excluding hydrogens is 398 g/mol. The number of unbranched alkanes of at least 4 members (excludes halogenated alkanes) is 1. The Bertz CT molecular complexity index is 784. The zero-order valence-electron chi connectivity index (χ0n) is 16.5. The number of hydrogen-bond acceptors (Lipinski definition) is 8. The van der Waals surface area contributed by atoms with E-state index in [1.165, 1.54) is 6.92 Å². The maximum absolute atomic E-state index is 12.7. The van der Waals surface area contributed by atoms with Crippen LogP contribution in [0.5, 0.6) is 5.75 Å². The molecular formula is C18H27N5O7. The molecule has 8 N–H and O–H groups in total. The number of nitrogens with zero attached hydrogens (tertiary/aromatic N) is 1. The maximum atomic E-state index is 12.7. The second-order valence-electron chi connectivity index (χ2n) is 6.81. The number of carboxylic acids is 1. The lowest BCUT2D eigenvalue weighted by Gasteiger charge is -2.22. The van der Waals surface area contributed by atoms with Crippen molar-refractivity contribution < 1.29 is 29.5 Å². The summed E-state index contributed by atoms with van der Waals surface area (Å²) in [6.07, 6.45) is 0.865. The van der Waals surface area contributed by atoms with Gasteiger partial charge in [-0.3, -0.25) is 19.7 Å². The van der Waals surface area contributed by atoms with Crippen LogP contribution in [-0.4, -0.2) is 57.6 Å². The zero-order chi connectivity index (χ0) is 22.8. The van der Waals surface area contributed by atoms with Crippen LogP contribution in [0.15, 0.2) is 18.2 Å². The van der Waals surface area contributed by atoms with E-state index in [0.29, 0.717) is 19.4 Å². The van der Waals surface area contributed by atoms with E-state index < -0.39 is 40.8 Å². The maximum Gasteiger partial charge on any atom is 0.326 e. The highest BCUT2D eigenvalue weighted by Crippen LogP contribution is 2.24. The number of benzene rings is 1. The highest BCUT2D eigenvalue weighted by Gasteiger charge is 2.28. The highest BCUT2D eigenvalue weighted by atomic mass is 16.6. The number of rotatable bonds is 12. The van der Waals surface area contributed by atoms with Crippen molar-refractivity contribution in [2.45, 2.75) is 50.7 Å². The summed E-state index contributed by atoms with van der Waals surface area (Å²) in [4.78, 5) is 46.5. The Hall–Kier alpha value is -3.25. The molecule has 30 heavy (non-hydrogen) atoms. The second-order valence-corrected chi connectivity index (χ2v) is 6.81. The molecule has 0 heterocycles. The Morgan fingerprint density at radius 3 is 2.33 bits per heavy atom. The third-order valence-electron chi connectivity index (χ3n) is 4.31. The monoisotopic (exact) mass is 425 g/mol. The smallest absolute Gasteiger partial charge is 0.326 e. The average molecular weight is 425 g/mol. The van der Waals surface area contributed by atoms with E-state index in [1.807, 2.05) is 0 Å². The fourth-order valence-corrected chi connectivity index (χ4v) is 2.60. The molecule has 1 aromatic carbocycles. The fraction of sp³-hybridized carbons (Fsp3) is 0.500. The topological polar surface area (TPSA) is 211 Å². The van der Waals surface area contributed by atoms with E-state index in [1.54, 1.807) is 0 Å². The van der Waals surface area contributed by atoms with Crippen LogP contribution in [-0.2, 0) is 20.8 Å². The van der Waals surface area contributed by atoms with Crippen molar-refractivity contribution in [1.82, 2.24) is 10.6 Å². The van der Waals surface area contributed by atoms with Gasteiger partial charge in [0, 0.05) is 24.1 Å². The number of carboxylic acid groups (broad SMARTS) is 1. The SMILES string of the molecule is C[C@H](N)C(=O)N[C@@H](Cc1cc([N+](=O)[O-])ccc1O)C(=O)N[C@@H](CCCCN)C(=O)O. The van der Waals surface area contributed by atoms with Crippen LogP contribution in [0.4, 0.5) is 5.69 Å². The first-order valence-electron chi connectivity index (χ1n) is 9.32. The predicted molar refractivity (Wildman–Crippen MR) is 107 cm³/mol. The van der Waals surface area contributed by atoms with E-state index in [4.69, 9.17) is 11.5 Å². The molecule has 0 bridgehead atoms. The summed E-state index contributed by atoms with van der Waals surface area (Å²) >= 11 is 0. The van der Waals surface area contributed by atoms with Gasteiger partial charge in [-0.15, -0.1) is 0 Å². The number of phenols is 1. The molecule has 0 aromatic heterocycles. The quantitative estimate of drug-likeness (QED) is 0.143. The van der Waals surface area contributed by atoms with Crippen molar-refractivity contribution in [2.75, 3.05) is 6.54 Å². The molecule has 1 aromatic rings. The molecule has 0 aliphatic rings. The van der Waals surface area contributed by atoms with Gasteiger partial charge in [-0.25, -0.2) is 4.79 Å². The number of nitro benzene ring substituents is 1. The molecule has 12 nitrogen and oxygen atoms in total. The summed E-state index contributed by atoms with van der Waals surface area (Å²) in [5, 5.41) is 35.1. The first kappa shape index (κ1) is 24.8. The van der Waals surface area contributed by atoms with Crippen molar-refractivity contribution >= 4 is 23.5 Å². The van der Waals surface area contributed by atoms with Crippen LogP contribution in [0.25, 0.3) is 0 Å². The lowest BCUT2D eigenvalue weighted by Crippen LogP contribution is -2.54. The lowest BCUT2D eigenvalue weighted by molar-refractivity contribution is -0.384. The summed E-state index contributed by atoms with van der Waals surface area (Å²) < 4.78 is 0. The minimum absolute atomic E-state index is 0.0318. The molecule has 0 aliphatic heterocycles. The van der Waals surface area contributed by atoms with Crippen molar-refractivity contribution in [1.29, 1.82) is 0 Å². The molecule has 3 atom stereocenters. The number of non-ortho nitro benzene ring substituents is 1. The number of aliphatic carboxylic acids is 1. The molecule has 0 saturated carbocycles. The van der Waals surface area contributed by atoms with Crippen LogP contribution in [0, 0.1) is 10.1 Å². The Morgan fingerprint density at radius 1 is 1.17 bits per heavy atom. The highest BCUT2D eigenvalue weighted by molar-refractivity contribution is 5.91. The lowest BCUT2D eigenvalue weighted by atomic mass is 10.0. The average Bonchev–Trinajstić information content (AvgIpc) is 2.67. The predicted octanol–water partition coefficient (Wildman–Crippen LogP) is -0.627. The van der Waals surface area contributed by atoms with Gasteiger partial charge in [0.05, 0.1) is 11.0 Å². The van der Waals surface area contributed by atoms with Gasteiger partial charge < -0.3 is 32.3 Å². The summed E-state index contributed by atoms with van der Waals surface area (Å²) in [7, 11) is 0. The van der Waals surface area contributed by atoms with Gasteiger partial charge in [-0.05, 0) is 38.8 Å².